The maximum absolute atomic E-state index is 14.6. The topological polar surface area (TPSA) is 84.0 Å². The van der Waals surface area contributed by atoms with E-state index in [2.05, 4.69) is 0 Å². The molecule has 7 rings (SSSR count). The number of hydrogen-bond acceptors (Lipinski definition) is 5. The van der Waals surface area contributed by atoms with Gasteiger partial charge < -0.3 is 18.6 Å². The lowest BCUT2D eigenvalue weighted by atomic mass is 9.84. The largest absolute Gasteiger partial charge is 0.467 e. The molecular weight excluding hydrogens is 487 g/mol. The van der Waals surface area contributed by atoms with Gasteiger partial charge in [-0.25, -0.2) is 4.39 Å². The zero-order valence-corrected chi connectivity index (χ0v) is 19.9. The first-order chi connectivity index (χ1) is 18.5. The predicted molar refractivity (Wildman–Crippen MR) is 136 cm³/mol. The van der Waals surface area contributed by atoms with Crippen LogP contribution in [-0.4, -0.2) is 16.7 Å². The maximum Gasteiger partial charge on any atom is 0.291 e. The number of furan rings is 1. The molecule has 0 aliphatic carbocycles. The summed E-state index contributed by atoms with van der Waals surface area (Å²) >= 11 is 0. The van der Waals surface area contributed by atoms with Crippen molar-refractivity contribution in [2.24, 2.45) is 0 Å². The SMILES string of the molecule is O=C1c2oc3ccccc3c(=O)c2C2(C(=O)N(Cc3ccc(F)cc3)c3ccccc32)N1Cc1ccco1. The molecule has 4 heterocycles. The first-order valence-electron chi connectivity index (χ1n) is 12.1. The molecule has 2 amide bonds. The van der Waals surface area contributed by atoms with Crippen molar-refractivity contribution in [1.29, 1.82) is 0 Å². The third-order valence-electron chi connectivity index (χ3n) is 7.29. The summed E-state index contributed by atoms with van der Waals surface area (Å²) in [5, 5.41) is 0.278. The van der Waals surface area contributed by atoms with Crippen LogP contribution in [0.4, 0.5) is 10.1 Å². The third-order valence-corrected chi connectivity index (χ3v) is 7.29. The quantitative estimate of drug-likeness (QED) is 0.344. The first kappa shape index (κ1) is 22.2. The van der Waals surface area contributed by atoms with E-state index >= 15 is 0 Å². The number of carbonyl (C=O) groups is 2. The second-order valence-electron chi connectivity index (χ2n) is 9.35. The summed E-state index contributed by atoms with van der Waals surface area (Å²) in [5.74, 6) is -1.14. The van der Waals surface area contributed by atoms with E-state index in [0.29, 0.717) is 22.6 Å². The number of hydrogen-bond donors (Lipinski definition) is 0. The second-order valence-corrected chi connectivity index (χ2v) is 9.35. The van der Waals surface area contributed by atoms with Gasteiger partial charge in [-0.2, -0.15) is 0 Å². The molecule has 0 radical (unpaired) electrons. The van der Waals surface area contributed by atoms with Crippen LogP contribution in [0.15, 0.2) is 105 Å². The molecule has 0 saturated carbocycles. The normalized spacial score (nSPS) is 18.0. The summed E-state index contributed by atoms with van der Waals surface area (Å²) in [6.45, 7) is 0.0607. The van der Waals surface area contributed by atoms with Gasteiger partial charge in [-0.15, -0.1) is 0 Å². The van der Waals surface area contributed by atoms with Crippen LogP contribution >= 0.6 is 0 Å². The number of benzene rings is 3. The highest BCUT2D eigenvalue weighted by Crippen LogP contribution is 2.53. The Morgan fingerprint density at radius 2 is 1.58 bits per heavy atom. The number of para-hydroxylation sites is 2. The van der Waals surface area contributed by atoms with Crippen LogP contribution < -0.4 is 10.3 Å². The second kappa shape index (κ2) is 8.01. The standard InChI is InChI=1S/C30H19FN2O5/c31-19-13-11-18(12-14-19)16-32-23-9-3-2-8-22(23)30(29(32)36)25-26(34)21-7-1-4-10-24(21)38-27(25)28(35)33(30)17-20-6-5-15-37-20/h1-15H,16-17H2. The number of anilines is 1. The Kier molecular flexibility index (Phi) is 4.69. The van der Waals surface area contributed by atoms with Gasteiger partial charge in [0.15, 0.2) is 11.0 Å². The van der Waals surface area contributed by atoms with Crippen molar-refractivity contribution in [3.05, 3.63) is 135 Å². The monoisotopic (exact) mass is 506 g/mol. The Balaban J connectivity index is 1.51. The fraction of sp³-hybridized carbons (Fsp3) is 0.100. The molecule has 2 aliphatic heterocycles. The van der Waals surface area contributed by atoms with Gasteiger partial charge in [0.05, 0.1) is 36.0 Å². The average molecular weight is 506 g/mol. The molecule has 0 fully saturated rings. The molecule has 1 atom stereocenters. The van der Waals surface area contributed by atoms with E-state index in [1.165, 1.54) is 28.2 Å². The molecule has 2 aromatic heterocycles. The van der Waals surface area contributed by atoms with Crippen molar-refractivity contribution in [2.75, 3.05) is 4.90 Å². The molecule has 3 aromatic carbocycles. The van der Waals surface area contributed by atoms with Crippen molar-refractivity contribution in [1.82, 2.24) is 4.90 Å². The lowest BCUT2D eigenvalue weighted by Gasteiger charge is -2.33. The fourth-order valence-corrected chi connectivity index (χ4v) is 5.65. The van der Waals surface area contributed by atoms with Crippen LogP contribution in [0, 0.1) is 5.82 Å². The number of halogens is 1. The van der Waals surface area contributed by atoms with E-state index in [9.17, 15) is 18.8 Å². The van der Waals surface area contributed by atoms with Crippen LogP contribution in [0.2, 0.25) is 0 Å². The van der Waals surface area contributed by atoms with Gasteiger partial charge in [0.25, 0.3) is 11.8 Å². The van der Waals surface area contributed by atoms with E-state index in [1.807, 2.05) is 0 Å². The summed E-state index contributed by atoms with van der Waals surface area (Å²) in [6.07, 6.45) is 1.48. The molecule has 0 bridgehead atoms. The smallest absolute Gasteiger partial charge is 0.291 e. The number of carbonyl (C=O) groups excluding carboxylic acids is 2. The predicted octanol–water partition coefficient (Wildman–Crippen LogP) is 4.97. The molecule has 7 nitrogen and oxygen atoms in total. The van der Waals surface area contributed by atoms with Crippen LogP contribution in [0.3, 0.4) is 0 Å². The number of amides is 2. The maximum atomic E-state index is 14.6. The summed E-state index contributed by atoms with van der Waals surface area (Å²) in [4.78, 5) is 45.6. The Hall–Kier alpha value is -4.98. The molecule has 8 heteroatoms. The molecule has 1 spiro atoms. The molecule has 0 N–H and O–H groups in total. The van der Waals surface area contributed by atoms with Crippen LogP contribution in [0.1, 0.15) is 33.0 Å². The fourth-order valence-electron chi connectivity index (χ4n) is 5.65. The molecule has 38 heavy (non-hydrogen) atoms. The Morgan fingerprint density at radius 3 is 2.37 bits per heavy atom. The van der Waals surface area contributed by atoms with E-state index in [-0.39, 0.29) is 41.2 Å². The summed E-state index contributed by atoms with van der Waals surface area (Å²) in [7, 11) is 0. The van der Waals surface area contributed by atoms with Crippen molar-refractivity contribution in [3.8, 4) is 0 Å². The van der Waals surface area contributed by atoms with Gasteiger partial charge in [0.1, 0.15) is 17.2 Å². The van der Waals surface area contributed by atoms with E-state index in [4.69, 9.17) is 8.83 Å². The van der Waals surface area contributed by atoms with E-state index in [0.717, 1.165) is 0 Å². The van der Waals surface area contributed by atoms with Gasteiger partial charge in [-0.3, -0.25) is 14.4 Å². The highest BCUT2D eigenvalue weighted by molar-refractivity contribution is 6.17. The van der Waals surface area contributed by atoms with E-state index in [1.54, 1.807) is 72.8 Å². The highest BCUT2D eigenvalue weighted by Gasteiger charge is 2.65. The van der Waals surface area contributed by atoms with Crippen molar-refractivity contribution >= 4 is 28.5 Å². The number of nitrogens with zero attached hydrogens (tertiary/aromatic N) is 2. The summed E-state index contributed by atoms with van der Waals surface area (Å²) < 4.78 is 25.2. The minimum Gasteiger partial charge on any atom is -0.467 e. The van der Waals surface area contributed by atoms with Gasteiger partial charge in [0, 0.05) is 5.56 Å². The first-order valence-corrected chi connectivity index (χ1v) is 12.1. The average Bonchev–Trinajstić information content (AvgIpc) is 3.60. The Morgan fingerprint density at radius 1 is 0.816 bits per heavy atom. The summed E-state index contributed by atoms with van der Waals surface area (Å²) in [6, 6.07) is 23.0. The Bertz CT molecular complexity index is 1810. The molecule has 5 aromatic rings. The van der Waals surface area contributed by atoms with E-state index < -0.39 is 22.8 Å². The van der Waals surface area contributed by atoms with Crippen LogP contribution in [0.25, 0.3) is 11.0 Å². The minimum atomic E-state index is -1.76. The van der Waals surface area contributed by atoms with Crippen molar-refractivity contribution < 1.29 is 22.8 Å². The van der Waals surface area contributed by atoms with Gasteiger partial charge in [-0.1, -0.05) is 42.5 Å². The van der Waals surface area contributed by atoms with Gasteiger partial charge >= 0.3 is 0 Å². The van der Waals surface area contributed by atoms with Crippen molar-refractivity contribution in [3.63, 3.8) is 0 Å². The molecule has 186 valence electrons. The lowest BCUT2D eigenvalue weighted by Crippen LogP contribution is -2.52. The number of fused-ring (bicyclic) bond motifs is 5. The third kappa shape index (κ3) is 2.91. The molecule has 1 unspecified atom stereocenters. The van der Waals surface area contributed by atoms with Gasteiger partial charge in [-0.05, 0) is 48.0 Å². The minimum absolute atomic E-state index is 0.00758. The number of rotatable bonds is 4. The Labute approximate surface area is 215 Å². The van der Waals surface area contributed by atoms with Crippen LogP contribution in [0.5, 0.6) is 0 Å². The van der Waals surface area contributed by atoms with Crippen molar-refractivity contribution in [2.45, 2.75) is 18.6 Å². The zero-order chi connectivity index (χ0) is 26.0. The highest BCUT2D eigenvalue weighted by atomic mass is 19.1. The molecular formula is C30H19FN2O5. The molecule has 2 aliphatic rings. The summed E-state index contributed by atoms with van der Waals surface area (Å²) in [5.41, 5.74) is -0.204. The van der Waals surface area contributed by atoms with Crippen LogP contribution in [-0.2, 0) is 23.4 Å². The van der Waals surface area contributed by atoms with Gasteiger partial charge in [0.2, 0.25) is 5.76 Å². The lowest BCUT2D eigenvalue weighted by molar-refractivity contribution is -0.126. The zero-order valence-electron chi connectivity index (χ0n) is 19.9. The molecule has 0 saturated heterocycles.